The third kappa shape index (κ3) is 7.63. The molecule has 0 heterocycles. The van der Waals surface area contributed by atoms with E-state index in [-0.39, 0.29) is 11.5 Å². The van der Waals surface area contributed by atoms with Crippen molar-refractivity contribution in [1.82, 2.24) is 0 Å². The van der Waals surface area contributed by atoms with E-state index in [2.05, 4.69) is 32.6 Å². The molecule has 0 bridgehead atoms. The Labute approximate surface area is 76.2 Å². The molecule has 0 saturated carbocycles. The average molecular weight is 168 g/mol. The summed E-state index contributed by atoms with van der Waals surface area (Å²) in [4.78, 5) is 0. The van der Waals surface area contributed by atoms with Crippen molar-refractivity contribution >= 4 is 0 Å². The highest BCUT2D eigenvalue weighted by atomic mass is 16.3. The van der Waals surface area contributed by atoms with E-state index >= 15 is 0 Å². The van der Waals surface area contributed by atoms with E-state index in [4.69, 9.17) is 0 Å². The smallest absolute Gasteiger partial charge is 0.0554 e. The van der Waals surface area contributed by atoms with E-state index in [0.717, 1.165) is 19.3 Å². The van der Waals surface area contributed by atoms with Crippen molar-refractivity contribution in [2.45, 2.75) is 53.1 Å². The van der Waals surface area contributed by atoms with Crippen LogP contribution in [-0.4, -0.2) is 11.2 Å². The molecule has 1 nitrogen and oxygen atoms in total. The molecule has 1 unspecified atom stereocenters. The van der Waals surface area contributed by atoms with Crippen LogP contribution in [0.2, 0.25) is 0 Å². The summed E-state index contributed by atoms with van der Waals surface area (Å²) in [5, 5.41) is 9.54. The number of aliphatic hydroxyl groups excluding tert-OH is 1. The van der Waals surface area contributed by atoms with E-state index in [1.807, 2.05) is 6.92 Å². The molecular weight excluding hydrogens is 148 g/mol. The van der Waals surface area contributed by atoms with E-state index in [1.54, 1.807) is 0 Å². The number of rotatable bonds is 3. The third-order valence-electron chi connectivity index (χ3n) is 1.63. The normalized spacial score (nSPS) is 13.4. The van der Waals surface area contributed by atoms with Crippen LogP contribution < -0.4 is 0 Å². The summed E-state index contributed by atoms with van der Waals surface area (Å²) in [5.41, 5.74) is 0.221. The highest BCUT2D eigenvalue weighted by Gasteiger charge is 2.15. The average Bonchev–Trinajstić information content (AvgIpc) is 1.84. The first-order valence-electron chi connectivity index (χ1n) is 4.53. The zero-order chi connectivity index (χ0) is 9.61. The predicted octanol–water partition coefficient (Wildman–Crippen LogP) is 2.59. The fraction of sp³-hybridized carbons (Fsp3) is 0.818. The molecule has 0 aromatic heterocycles. The van der Waals surface area contributed by atoms with Gasteiger partial charge >= 0.3 is 0 Å². The highest BCUT2D eigenvalue weighted by Crippen LogP contribution is 2.22. The second kappa shape index (κ2) is 5.22. The van der Waals surface area contributed by atoms with E-state index in [9.17, 15) is 5.11 Å². The van der Waals surface area contributed by atoms with Crippen LogP contribution in [-0.2, 0) is 0 Å². The molecule has 0 fully saturated rings. The lowest BCUT2D eigenvalue weighted by atomic mass is 9.88. The minimum Gasteiger partial charge on any atom is -0.393 e. The zero-order valence-corrected chi connectivity index (χ0v) is 8.65. The summed E-state index contributed by atoms with van der Waals surface area (Å²) < 4.78 is 0. The van der Waals surface area contributed by atoms with Crippen LogP contribution >= 0.6 is 0 Å². The third-order valence-corrected chi connectivity index (χ3v) is 1.63. The van der Waals surface area contributed by atoms with Gasteiger partial charge in [0, 0.05) is 6.42 Å². The molecule has 12 heavy (non-hydrogen) atoms. The van der Waals surface area contributed by atoms with Gasteiger partial charge in [-0.3, -0.25) is 0 Å². The van der Waals surface area contributed by atoms with Gasteiger partial charge in [0.25, 0.3) is 0 Å². The first-order chi connectivity index (χ1) is 5.45. The molecule has 1 N–H and O–H groups in total. The maximum Gasteiger partial charge on any atom is 0.0554 e. The Kier molecular flexibility index (Phi) is 5.01. The topological polar surface area (TPSA) is 20.2 Å². The van der Waals surface area contributed by atoms with Crippen LogP contribution in [0.4, 0.5) is 0 Å². The summed E-state index contributed by atoms with van der Waals surface area (Å²) >= 11 is 0. The fourth-order valence-electron chi connectivity index (χ4n) is 1.17. The first-order valence-corrected chi connectivity index (χ1v) is 4.53. The Balaban J connectivity index is 3.57. The zero-order valence-electron chi connectivity index (χ0n) is 8.65. The Bertz CT molecular complexity index is 166. The Hall–Kier alpha value is -0.480. The lowest BCUT2D eigenvalue weighted by Crippen LogP contribution is -2.17. The van der Waals surface area contributed by atoms with Crippen LogP contribution in [0.25, 0.3) is 0 Å². The van der Waals surface area contributed by atoms with Gasteiger partial charge in [-0.25, -0.2) is 0 Å². The second-order valence-electron chi connectivity index (χ2n) is 4.38. The summed E-state index contributed by atoms with van der Waals surface area (Å²) in [6.07, 6.45) is 2.29. The molecular formula is C11H20O. The molecule has 70 valence electrons. The maximum absolute atomic E-state index is 9.54. The molecule has 0 radical (unpaired) electrons. The van der Waals surface area contributed by atoms with Crippen molar-refractivity contribution in [2.75, 3.05) is 0 Å². The summed E-state index contributed by atoms with van der Waals surface area (Å²) in [6, 6.07) is 0. The number of hydrogen-bond acceptors (Lipinski definition) is 1. The predicted molar refractivity (Wildman–Crippen MR) is 52.8 cm³/mol. The molecule has 1 atom stereocenters. The van der Waals surface area contributed by atoms with Gasteiger partial charge in [-0.15, -0.1) is 11.8 Å². The van der Waals surface area contributed by atoms with Crippen LogP contribution in [0.3, 0.4) is 0 Å². The Morgan fingerprint density at radius 1 is 1.33 bits per heavy atom. The molecule has 0 aliphatic carbocycles. The van der Waals surface area contributed by atoms with Gasteiger partial charge in [0.15, 0.2) is 0 Å². The van der Waals surface area contributed by atoms with Gasteiger partial charge in [-0.1, -0.05) is 20.8 Å². The monoisotopic (exact) mass is 168 g/mol. The van der Waals surface area contributed by atoms with Gasteiger partial charge < -0.3 is 5.11 Å². The maximum atomic E-state index is 9.54. The Morgan fingerprint density at radius 3 is 2.33 bits per heavy atom. The number of hydrogen-bond donors (Lipinski definition) is 1. The second-order valence-corrected chi connectivity index (χ2v) is 4.38. The van der Waals surface area contributed by atoms with Crippen molar-refractivity contribution in [3.05, 3.63) is 0 Å². The van der Waals surface area contributed by atoms with E-state index in [0.29, 0.717) is 0 Å². The van der Waals surface area contributed by atoms with Crippen LogP contribution in [0, 0.1) is 17.3 Å². The van der Waals surface area contributed by atoms with Crippen molar-refractivity contribution in [3.8, 4) is 11.8 Å². The molecule has 0 rings (SSSR count). The highest BCUT2D eigenvalue weighted by molar-refractivity contribution is 4.95. The van der Waals surface area contributed by atoms with E-state index in [1.165, 1.54) is 0 Å². The van der Waals surface area contributed by atoms with Crippen LogP contribution in [0.1, 0.15) is 47.0 Å². The van der Waals surface area contributed by atoms with Gasteiger partial charge in [-0.05, 0) is 25.2 Å². The molecule has 0 saturated heterocycles. The van der Waals surface area contributed by atoms with Crippen LogP contribution in [0.5, 0.6) is 0 Å². The van der Waals surface area contributed by atoms with E-state index < -0.39 is 0 Å². The largest absolute Gasteiger partial charge is 0.393 e. The van der Waals surface area contributed by atoms with Gasteiger partial charge in [0.05, 0.1) is 6.10 Å². The van der Waals surface area contributed by atoms with Gasteiger partial charge in [0.2, 0.25) is 0 Å². The number of aliphatic hydroxyl groups is 1. The first kappa shape index (κ1) is 11.5. The van der Waals surface area contributed by atoms with Gasteiger partial charge in [-0.2, -0.15) is 0 Å². The van der Waals surface area contributed by atoms with Crippen molar-refractivity contribution in [3.63, 3.8) is 0 Å². The molecule has 1 heteroatoms. The minimum atomic E-state index is -0.189. The summed E-state index contributed by atoms with van der Waals surface area (Å²) in [6.45, 7) is 8.25. The van der Waals surface area contributed by atoms with Crippen LogP contribution in [0.15, 0.2) is 0 Å². The van der Waals surface area contributed by atoms with Gasteiger partial charge in [0.1, 0.15) is 0 Å². The molecule has 0 amide bonds. The summed E-state index contributed by atoms with van der Waals surface area (Å²) in [7, 11) is 0. The standard InChI is InChI=1S/C11H20O/c1-5-6-7-8-10(12)9-11(2,3)4/h10,12H,7-9H2,1-4H3. The van der Waals surface area contributed by atoms with Crippen molar-refractivity contribution in [1.29, 1.82) is 0 Å². The fourth-order valence-corrected chi connectivity index (χ4v) is 1.17. The van der Waals surface area contributed by atoms with Crippen molar-refractivity contribution in [2.24, 2.45) is 5.41 Å². The Morgan fingerprint density at radius 2 is 1.92 bits per heavy atom. The summed E-state index contributed by atoms with van der Waals surface area (Å²) in [5.74, 6) is 5.78. The molecule has 0 aliphatic rings. The lowest BCUT2D eigenvalue weighted by Gasteiger charge is -2.21. The molecule has 0 aromatic rings. The molecule has 0 aromatic carbocycles. The lowest BCUT2D eigenvalue weighted by molar-refractivity contribution is 0.114. The minimum absolute atomic E-state index is 0.189. The quantitative estimate of drug-likeness (QED) is 0.642. The molecule has 0 spiro atoms. The SMILES string of the molecule is CC#CCCC(O)CC(C)(C)C. The van der Waals surface area contributed by atoms with Crippen molar-refractivity contribution < 1.29 is 5.11 Å². The molecule has 0 aliphatic heterocycles.